The van der Waals surface area contributed by atoms with E-state index in [4.69, 9.17) is 0 Å². The van der Waals surface area contributed by atoms with Gasteiger partial charge in [-0.3, -0.25) is 0 Å². The van der Waals surface area contributed by atoms with Crippen molar-refractivity contribution in [3.63, 3.8) is 0 Å². The number of hydrogen-bond donors (Lipinski definition) is 0. The molecule has 0 bridgehead atoms. The molecule has 0 saturated carbocycles. The van der Waals surface area contributed by atoms with Crippen molar-refractivity contribution in [2.24, 2.45) is 0 Å². The highest BCUT2D eigenvalue weighted by Gasteiger charge is 2.43. The molecule has 0 saturated heterocycles. The smallest absolute Gasteiger partial charge is 0.305 e. The van der Waals surface area contributed by atoms with Gasteiger partial charge in [0.2, 0.25) is 0 Å². The van der Waals surface area contributed by atoms with E-state index in [0.717, 1.165) is 48.7 Å². The minimum Gasteiger partial charge on any atom is -0.305 e. The van der Waals surface area contributed by atoms with Gasteiger partial charge in [0.25, 0.3) is 0 Å². The Hall–Kier alpha value is -5.89. The van der Waals surface area contributed by atoms with Crippen LogP contribution < -0.4 is 4.90 Å². The average molecular weight is 662 g/mol. The molecule has 8 aromatic rings. The molecule has 0 amide bonds. The van der Waals surface area contributed by atoms with Crippen LogP contribution in [0.15, 0.2) is 133 Å². The lowest BCUT2D eigenvalue weighted by Crippen LogP contribution is -2.20. The Balaban J connectivity index is 1.31. The van der Waals surface area contributed by atoms with Gasteiger partial charge < -0.3 is 4.90 Å². The number of hydrogen-bond acceptors (Lipinski definition) is 1. The van der Waals surface area contributed by atoms with Crippen LogP contribution in [0.3, 0.4) is 0 Å². The first-order valence-electron chi connectivity index (χ1n) is 15.3. The highest BCUT2D eigenvalue weighted by atomic mass is 19.4. The van der Waals surface area contributed by atoms with Crippen LogP contribution in [0.4, 0.5) is 47.8 Å². The minimum atomic E-state index is -5.67. The Morgan fingerprint density at radius 3 is 1.31 bits per heavy atom. The summed E-state index contributed by atoms with van der Waals surface area (Å²) in [7, 11) is 0. The molecule has 0 aliphatic rings. The van der Waals surface area contributed by atoms with Crippen LogP contribution in [0.25, 0.3) is 54.6 Å². The molecule has 0 spiro atoms. The molecule has 0 aromatic heterocycles. The molecule has 0 heterocycles. The molecule has 0 fully saturated rings. The molecule has 0 N–H and O–H groups in total. The molecule has 0 radical (unpaired) electrons. The number of halogens is 7. The summed E-state index contributed by atoms with van der Waals surface area (Å²) in [5.74, 6) is -9.40. The van der Waals surface area contributed by atoms with Gasteiger partial charge in [0, 0.05) is 11.4 Å². The van der Waals surface area contributed by atoms with Gasteiger partial charge in [-0.2, -0.15) is 13.2 Å². The first-order valence-corrected chi connectivity index (χ1v) is 15.3. The summed E-state index contributed by atoms with van der Waals surface area (Å²) < 4.78 is 102. The fourth-order valence-corrected chi connectivity index (χ4v) is 6.63. The normalized spacial score (nSPS) is 12.0. The van der Waals surface area contributed by atoms with Crippen molar-refractivity contribution in [2.45, 2.75) is 6.18 Å². The van der Waals surface area contributed by atoms with Gasteiger partial charge in [0.05, 0.1) is 0 Å². The summed E-state index contributed by atoms with van der Waals surface area (Å²) in [4.78, 5) is 0.910. The SMILES string of the molecule is Fc1c(F)c(C(F)(F)F)c(F)c(F)c1N(c1ccc(-c2ccc(-c3ccccc3)cc2)cc1)c1cc2ccc3cccc4ccc(c1)c2c34. The number of rotatable bonds is 5. The highest BCUT2D eigenvalue weighted by Crippen LogP contribution is 2.46. The summed E-state index contributed by atoms with van der Waals surface area (Å²) >= 11 is 0. The Bertz CT molecular complexity index is 2410. The Morgan fingerprint density at radius 2 is 0.816 bits per heavy atom. The van der Waals surface area contributed by atoms with E-state index in [2.05, 4.69) is 0 Å². The topological polar surface area (TPSA) is 3.24 Å². The van der Waals surface area contributed by atoms with Crippen molar-refractivity contribution >= 4 is 49.4 Å². The summed E-state index contributed by atoms with van der Waals surface area (Å²) in [5, 5.41) is 5.07. The second kappa shape index (κ2) is 11.4. The Morgan fingerprint density at radius 1 is 0.388 bits per heavy atom. The van der Waals surface area contributed by atoms with Gasteiger partial charge in [-0.15, -0.1) is 0 Å². The van der Waals surface area contributed by atoms with Crippen molar-refractivity contribution in [2.75, 3.05) is 4.90 Å². The minimum absolute atomic E-state index is 0.0637. The molecule has 8 aromatic carbocycles. The lowest BCUT2D eigenvalue weighted by atomic mass is 9.93. The molecule has 0 atom stereocenters. The van der Waals surface area contributed by atoms with Crippen LogP contribution in [0, 0.1) is 23.3 Å². The fourth-order valence-electron chi connectivity index (χ4n) is 6.63. The van der Waals surface area contributed by atoms with Gasteiger partial charge in [-0.1, -0.05) is 109 Å². The summed E-state index contributed by atoms with van der Waals surface area (Å²) in [6, 6.07) is 40.2. The number of alkyl halides is 3. The third kappa shape index (κ3) is 5.03. The molecular weight excluding hydrogens is 639 g/mol. The predicted octanol–water partition coefficient (Wildman–Crippen LogP) is 13.0. The van der Waals surface area contributed by atoms with Gasteiger partial charge in [0.15, 0.2) is 23.3 Å². The van der Waals surface area contributed by atoms with Crippen LogP contribution in [0.1, 0.15) is 5.56 Å². The number of nitrogens with zero attached hydrogens (tertiary/aromatic N) is 1. The Kier molecular flexibility index (Phi) is 7.07. The first kappa shape index (κ1) is 30.4. The van der Waals surface area contributed by atoms with Gasteiger partial charge >= 0.3 is 6.18 Å². The van der Waals surface area contributed by atoms with Crippen LogP contribution in [0.2, 0.25) is 0 Å². The van der Waals surface area contributed by atoms with E-state index in [1.807, 2.05) is 97.1 Å². The van der Waals surface area contributed by atoms with Crippen molar-refractivity contribution < 1.29 is 30.7 Å². The molecule has 0 aliphatic carbocycles. The van der Waals surface area contributed by atoms with E-state index in [1.54, 1.807) is 24.3 Å². The summed E-state index contributed by atoms with van der Waals surface area (Å²) in [5.41, 5.74) is -0.204. The maximum absolute atomic E-state index is 15.8. The average Bonchev–Trinajstić information content (AvgIpc) is 3.11. The maximum Gasteiger partial charge on any atom is 0.422 e. The van der Waals surface area contributed by atoms with E-state index in [1.165, 1.54) is 12.1 Å². The van der Waals surface area contributed by atoms with Crippen molar-refractivity contribution in [1.82, 2.24) is 0 Å². The monoisotopic (exact) mass is 661 g/mol. The van der Waals surface area contributed by atoms with Gasteiger partial charge in [-0.25, -0.2) is 17.6 Å². The lowest BCUT2D eigenvalue weighted by molar-refractivity contribution is -0.143. The molecule has 240 valence electrons. The third-order valence-electron chi connectivity index (χ3n) is 8.90. The highest BCUT2D eigenvalue weighted by molar-refractivity contribution is 6.23. The standard InChI is InChI=1S/C41H22F7N/c42-36-35(41(46,47)48)37(43)39(45)40(38(36)44)49(32-21-29-15-13-27-7-4-8-28-14-16-30(22-32)34(29)33(27)28)31-19-17-26(18-20-31)25-11-9-24(10-12-25)23-5-2-1-3-6-23/h1-22H. The van der Waals surface area contributed by atoms with E-state index in [9.17, 15) is 13.2 Å². The van der Waals surface area contributed by atoms with E-state index < -0.39 is 40.7 Å². The molecule has 0 aliphatic heterocycles. The zero-order valence-corrected chi connectivity index (χ0v) is 25.3. The summed E-state index contributed by atoms with van der Waals surface area (Å²) in [6.07, 6.45) is -5.67. The van der Waals surface area contributed by atoms with Crippen LogP contribution in [-0.4, -0.2) is 0 Å². The van der Waals surface area contributed by atoms with Crippen LogP contribution >= 0.6 is 0 Å². The second-order valence-corrected chi connectivity index (χ2v) is 11.8. The quantitative estimate of drug-likeness (QED) is 0.101. The number of benzene rings is 8. The zero-order chi connectivity index (χ0) is 34.0. The van der Waals surface area contributed by atoms with Crippen LogP contribution in [0.5, 0.6) is 0 Å². The number of anilines is 3. The predicted molar refractivity (Wildman–Crippen MR) is 181 cm³/mol. The van der Waals surface area contributed by atoms with Gasteiger partial charge in [-0.05, 0) is 78.8 Å². The molecule has 49 heavy (non-hydrogen) atoms. The Labute approximate surface area is 275 Å². The van der Waals surface area contributed by atoms with E-state index >= 15 is 17.6 Å². The van der Waals surface area contributed by atoms with Crippen molar-refractivity contribution in [3.05, 3.63) is 162 Å². The first-order chi connectivity index (χ1) is 23.6. The third-order valence-corrected chi connectivity index (χ3v) is 8.90. The fraction of sp³-hybridized carbons (Fsp3) is 0.0244. The van der Waals surface area contributed by atoms with Crippen LogP contribution in [-0.2, 0) is 6.18 Å². The largest absolute Gasteiger partial charge is 0.422 e. The molecular formula is C41H22F7N. The van der Waals surface area contributed by atoms with Crippen molar-refractivity contribution in [1.29, 1.82) is 0 Å². The zero-order valence-electron chi connectivity index (χ0n) is 25.3. The molecule has 8 rings (SSSR count). The molecule has 1 nitrogen and oxygen atoms in total. The van der Waals surface area contributed by atoms with Gasteiger partial charge in [0.1, 0.15) is 11.3 Å². The molecule has 0 unspecified atom stereocenters. The van der Waals surface area contributed by atoms with E-state index in [0.29, 0.717) is 10.8 Å². The molecule has 8 heteroatoms. The maximum atomic E-state index is 15.8. The second-order valence-electron chi connectivity index (χ2n) is 11.8. The lowest BCUT2D eigenvalue weighted by Gasteiger charge is -2.28. The van der Waals surface area contributed by atoms with Crippen molar-refractivity contribution in [3.8, 4) is 22.3 Å². The summed E-state index contributed by atoms with van der Waals surface area (Å²) in [6.45, 7) is 0. The van der Waals surface area contributed by atoms with E-state index in [-0.39, 0.29) is 11.4 Å².